The van der Waals surface area contributed by atoms with Gasteiger partial charge < -0.3 is 9.88 Å². The number of aromatic nitrogens is 3. The van der Waals surface area contributed by atoms with E-state index in [9.17, 15) is 13.2 Å². The average Bonchev–Trinajstić information content (AvgIpc) is 3.48. The van der Waals surface area contributed by atoms with E-state index in [2.05, 4.69) is 26.0 Å². The molecule has 1 saturated carbocycles. The van der Waals surface area contributed by atoms with Crippen molar-refractivity contribution < 1.29 is 17.4 Å². The SMILES string of the molecule is Cc1ccn(Cc2csc(C(=O)c3cncnc3NC3CC[C@@H](COS(N)(=O)=O)C3)c2)c1. The van der Waals surface area contributed by atoms with Crippen molar-refractivity contribution in [1.82, 2.24) is 14.5 Å². The van der Waals surface area contributed by atoms with Crippen LogP contribution >= 0.6 is 11.3 Å². The molecular weight excluding hydrogens is 450 g/mol. The summed E-state index contributed by atoms with van der Waals surface area (Å²) >= 11 is 1.41. The summed E-state index contributed by atoms with van der Waals surface area (Å²) in [6.45, 7) is 2.81. The number of aryl methyl sites for hydroxylation is 1. The van der Waals surface area contributed by atoms with Gasteiger partial charge in [0, 0.05) is 31.2 Å². The van der Waals surface area contributed by atoms with E-state index in [1.54, 1.807) is 0 Å². The van der Waals surface area contributed by atoms with E-state index in [1.165, 1.54) is 29.4 Å². The lowest BCUT2D eigenvalue weighted by Crippen LogP contribution is -2.22. The minimum atomic E-state index is -3.94. The Labute approximate surface area is 190 Å². The zero-order chi connectivity index (χ0) is 22.7. The van der Waals surface area contributed by atoms with Gasteiger partial charge in [-0.1, -0.05) is 0 Å². The van der Waals surface area contributed by atoms with Crippen LogP contribution in [0.2, 0.25) is 0 Å². The van der Waals surface area contributed by atoms with Crippen molar-refractivity contribution in [3.63, 3.8) is 0 Å². The fourth-order valence-corrected chi connectivity index (χ4v) is 5.17. The molecule has 0 spiro atoms. The van der Waals surface area contributed by atoms with Gasteiger partial charge in [0.1, 0.15) is 12.1 Å². The molecule has 4 rings (SSSR count). The second-order valence-electron chi connectivity index (χ2n) is 8.09. The molecule has 9 nitrogen and oxygen atoms in total. The van der Waals surface area contributed by atoms with E-state index >= 15 is 0 Å². The number of nitrogens with zero attached hydrogens (tertiary/aromatic N) is 3. The van der Waals surface area contributed by atoms with Crippen LogP contribution < -0.4 is 10.5 Å². The Kier molecular flexibility index (Phi) is 6.70. The highest BCUT2D eigenvalue weighted by molar-refractivity contribution is 7.84. The number of anilines is 1. The molecule has 1 fully saturated rings. The van der Waals surface area contributed by atoms with Gasteiger partial charge in [0.15, 0.2) is 0 Å². The molecule has 1 unspecified atom stereocenters. The molecule has 170 valence electrons. The van der Waals surface area contributed by atoms with Crippen LogP contribution in [-0.2, 0) is 21.0 Å². The molecule has 1 aliphatic carbocycles. The average molecular weight is 476 g/mol. The van der Waals surface area contributed by atoms with Crippen molar-refractivity contribution in [2.75, 3.05) is 11.9 Å². The predicted molar refractivity (Wildman–Crippen MR) is 122 cm³/mol. The Morgan fingerprint density at radius 2 is 2.25 bits per heavy atom. The zero-order valence-electron chi connectivity index (χ0n) is 17.6. The van der Waals surface area contributed by atoms with Gasteiger partial charge in [-0.15, -0.1) is 11.3 Å². The molecule has 3 aromatic rings. The van der Waals surface area contributed by atoms with Crippen molar-refractivity contribution in [2.45, 2.75) is 38.8 Å². The van der Waals surface area contributed by atoms with E-state index in [0.717, 1.165) is 18.4 Å². The topological polar surface area (TPSA) is 129 Å². The van der Waals surface area contributed by atoms with Crippen LogP contribution in [0.25, 0.3) is 0 Å². The summed E-state index contributed by atoms with van der Waals surface area (Å²) in [5.41, 5.74) is 2.68. The number of thiophene rings is 1. The predicted octanol–water partition coefficient (Wildman–Crippen LogP) is 2.73. The molecule has 1 aliphatic rings. The van der Waals surface area contributed by atoms with Crippen LogP contribution in [0.5, 0.6) is 0 Å². The van der Waals surface area contributed by atoms with Gasteiger partial charge >= 0.3 is 10.3 Å². The number of carbonyl (C=O) groups excluding carboxylic acids is 1. The molecule has 0 radical (unpaired) electrons. The maximum Gasteiger partial charge on any atom is 0.333 e. The van der Waals surface area contributed by atoms with Gasteiger partial charge in [-0.2, -0.15) is 8.42 Å². The fourth-order valence-electron chi connectivity index (χ4n) is 3.93. The van der Waals surface area contributed by atoms with Crippen LogP contribution in [-0.4, -0.2) is 41.4 Å². The molecular formula is C21H25N5O4S2. The number of rotatable bonds is 9. The zero-order valence-corrected chi connectivity index (χ0v) is 19.2. The molecule has 0 saturated heterocycles. The first-order chi connectivity index (χ1) is 15.3. The van der Waals surface area contributed by atoms with Crippen molar-refractivity contribution in [2.24, 2.45) is 11.1 Å². The van der Waals surface area contributed by atoms with E-state index < -0.39 is 10.3 Å². The standard InChI is InChI=1S/C21H25N5O4S2/c1-14-4-5-26(9-14)10-16-7-19(31-12-16)20(27)18-8-23-13-24-21(18)25-17-3-2-15(6-17)11-30-32(22,28)29/h4-5,7-9,12-13,15,17H,2-3,6,10-11H2,1H3,(H2,22,28,29)(H,23,24,25)/t15-,17?/m1/s1. The van der Waals surface area contributed by atoms with Crippen molar-refractivity contribution in [3.05, 3.63) is 64.0 Å². The summed E-state index contributed by atoms with van der Waals surface area (Å²) in [6.07, 6.45) is 9.34. The van der Waals surface area contributed by atoms with Gasteiger partial charge in [-0.3, -0.25) is 8.98 Å². The molecule has 0 aliphatic heterocycles. The van der Waals surface area contributed by atoms with E-state index in [1.807, 2.05) is 30.6 Å². The normalized spacial score (nSPS) is 18.7. The maximum absolute atomic E-state index is 13.2. The van der Waals surface area contributed by atoms with Crippen LogP contribution in [0.4, 0.5) is 5.82 Å². The lowest BCUT2D eigenvalue weighted by molar-refractivity contribution is 0.104. The molecule has 3 aromatic heterocycles. The molecule has 0 bridgehead atoms. The minimum absolute atomic E-state index is 0.0569. The highest BCUT2D eigenvalue weighted by Crippen LogP contribution is 2.30. The Bertz CT molecular complexity index is 1200. The summed E-state index contributed by atoms with van der Waals surface area (Å²) < 4.78 is 28.8. The van der Waals surface area contributed by atoms with Gasteiger partial charge in [0.2, 0.25) is 5.78 Å². The van der Waals surface area contributed by atoms with Crippen molar-refractivity contribution >= 4 is 33.2 Å². The van der Waals surface area contributed by atoms with E-state index in [0.29, 0.717) is 29.2 Å². The number of carbonyl (C=O) groups is 1. The first-order valence-electron chi connectivity index (χ1n) is 10.2. The van der Waals surface area contributed by atoms with Gasteiger partial charge in [-0.05, 0) is 60.7 Å². The van der Waals surface area contributed by atoms with E-state index in [4.69, 9.17) is 9.32 Å². The van der Waals surface area contributed by atoms with Gasteiger partial charge in [0.25, 0.3) is 0 Å². The molecule has 2 atom stereocenters. The Hall–Kier alpha value is -2.60. The smallest absolute Gasteiger partial charge is 0.333 e. The first-order valence-corrected chi connectivity index (χ1v) is 12.6. The highest BCUT2D eigenvalue weighted by atomic mass is 32.2. The summed E-state index contributed by atoms with van der Waals surface area (Å²) in [4.78, 5) is 22.1. The molecule has 0 aromatic carbocycles. The summed E-state index contributed by atoms with van der Waals surface area (Å²) in [7, 11) is -3.94. The lowest BCUT2D eigenvalue weighted by atomic mass is 10.1. The monoisotopic (exact) mass is 475 g/mol. The first kappa shape index (κ1) is 22.6. The third-order valence-corrected chi connectivity index (χ3v) is 6.89. The highest BCUT2D eigenvalue weighted by Gasteiger charge is 2.27. The second-order valence-corrected chi connectivity index (χ2v) is 10.2. The fraction of sp³-hybridized carbons (Fsp3) is 0.381. The Balaban J connectivity index is 1.42. The van der Waals surface area contributed by atoms with Crippen LogP contribution in [0, 0.1) is 12.8 Å². The van der Waals surface area contributed by atoms with Crippen LogP contribution in [0.3, 0.4) is 0 Å². The summed E-state index contributed by atoms with van der Waals surface area (Å²) in [6, 6.07) is 4.02. The quantitative estimate of drug-likeness (QED) is 0.455. The van der Waals surface area contributed by atoms with Gasteiger partial charge in [-0.25, -0.2) is 15.1 Å². The number of hydrogen-bond donors (Lipinski definition) is 2. The minimum Gasteiger partial charge on any atom is -0.367 e. The third kappa shape index (κ3) is 5.80. The molecule has 0 amide bonds. The lowest BCUT2D eigenvalue weighted by Gasteiger charge is -2.15. The van der Waals surface area contributed by atoms with Gasteiger partial charge in [0.05, 0.1) is 17.0 Å². The van der Waals surface area contributed by atoms with E-state index in [-0.39, 0.29) is 24.3 Å². The molecule has 32 heavy (non-hydrogen) atoms. The number of hydrogen-bond acceptors (Lipinski definition) is 8. The summed E-state index contributed by atoms with van der Waals surface area (Å²) in [5, 5.41) is 10.2. The number of nitrogens with one attached hydrogen (secondary N) is 1. The molecule has 3 N–H and O–H groups in total. The van der Waals surface area contributed by atoms with Crippen LogP contribution in [0.15, 0.2) is 42.4 Å². The summed E-state index contributed by atoms with van der Waals surface area (Å²) in [5.74, 6) is 0.433. The second kappa shape index (κ2) is 9.49. The molecule has 3 heterocycles. The largest absolute Gasteiger partial charge is 0.367 e. The Morgan fingerprint density at radius 3 is 3.00 bits per heavy atom. The number of ketones is 1. The van der Waals surface area contributed by atoms with Crippen molar-refractivity contribution in [1.29, 1.82) is 0 Å². The maximum atomic E-state index is 13.2. The Morgan fingerprint density at radius 1 is 1.41 bits per heavy atom. The molecule has 11 heteroatoms. The van der Waals surface area contributed by atoms with Crippen molar-refractivity contribution in [3.8, 4) is 0 Å². The van der Waals surface area contributed by atoms with Crippen LogP contribution in [0.1, 0.15) is 45.6 Å². The number of nitrogens with two attached hydrogens (primary N) is 1. The third-order valence-electron chi connectivity index (χ3n) is 5.45.